The fourth-order valence-corrected chi connectivity index (χ4v) is 2.14. The average Bonchev–Trinajstić information content (AvgIpc) is 2.48. The Bertz CT molecular complexity index is 539. The Hall–Kier alpha value is -2.10. The minimum absolute atomic E-state index is 0.841. The predicted octanol–water partition coefficient (Wildman–Crippen LogP) is 4.17. The molecule has 0 aliphatic carbocycles. The van der Waals surface area contributed by atoms with Gasteiger partial charge in [-0.05, 0) is 37.5 Å². The number of nitrogens with zero attached hydrogens (tertiary/aromatic N) is 2. The van der Waals surface area contributed by atoms with Gasteiger partial charge in [-0.1, -0.05) is 26.0 Å². The van der Waals surface area contributed by atoms with Gasteiger partial charge >= 0.3 is 0 Å². The van der Waals surface area contributed by atoms with E-state index in [1.165, 1.54) is 5.56 Å². The van der Waals surface area contributed by atoms with E-state index in [9.17, 15) is 0 Å². The monoisotopic (exact) mass is 284 g/mol. The van der Waals surface area contributed by atoms with Crippen LogP contribution in [0.4, 0.5) is 17.3 Å². The van der Waals surface area contributed by atoms with Gasteiger partial charge in [-0.2, -0.15) is 0 Å². The zero-order valence-corrected chi connectivity index (χ0v) is 13.1. The van der Waals surface area contributed by atoms with Crippen LogP contribution in [0.25, 0.3) is 0 Å². The van der Waals surface area contributed by atoms with Gasteiger partial charge < -0.3 is 10.6 Å². The number of hydrogen-bond donors (Lipinski definition) is 2. The third-order valence-electron chi connectivity index (χ3n) is 3.24. The quantitative estimate of drug-likeness (QED) is 0.801. The van der Waals surface area contributed by atoms with Crippen LogP contribution in [0.3, 0.4) is 0 Å². The molecule has 1 aromatic carbocycles. The molecule has 21 heavy (non-hydrogen) atoms. The van der Waals surface area contributed by atoms with Crippen LogP contribution in [0.1, 0.15) is 38.6 Å². The molecule has 4 nitrogen and oxygen atoms in total. The summed E-state index contributed by atoms with van der Waals surface area (Å²) >= 11 is 0. The summed E-state index contributed by atoms with van der Waals surface area (Å²) in [7, 11) is 0. The first-order valence-corrected chi connectivity index (χ1v) is 7.73. The molecule has 2 aromatic rings. The minimum atomic E-state index is 0.841. The summed E-state index contributed by atoms with van der Waals surface area (Å²) in [6, 6.07) is 10.4. The van der Waals surface area contributed by atoms with Crippen molar-refractivity contribution < 1.29 is 0 Å². The first-order valence-electron chi connectivity index (χ1n) is 7.73. The van der Waals surface area contributed by atoms with Gasteiger partial charge in [-0.15, -0.1) is 0 Å². The summed E-state index contributed by atoms with van der Waals surface area (Å²) in [6.07, 6.45) is 2.99. The SMILES string of the molecule is CCCc1nc(NCC)cc(Nc2ccc(CC)cc2)n1. The van der Waals surface area contributed by atoms with Crippen molar-refractivity contribution >= 4 is 17.3 Å². The van der Waals surface area contributed by atoms with Crippen molar-refractivity contribution in [2.24, 2.45) is 0 Å². The van der Waals surface area contributed by atoms with Crippen molar-refractivity contribution in [2.45, 2.75) is 40.0 Å². The maximum absolute atomic E-state index is 4.58. The lowest BCUT2D eigenvalue weighted by Gasteiger charge is -2.11. The van der Waals surface area contributed by atoms with E-state index in [-0.39, 0.29) is 0 Å². The number of benzene rings is 1. The Morgan fingerprint density at radius 2 is 1.67 bits per heavy atom. The molecule has 0 bridgehead atoms. The zero-order chi connectivity index (χ0) is 15.1. The first-order chi connectivity index (χ1) is 10.2. The fraction of sp³-hybridized carbons (Fsp3) is 0.412. The van der Waals surface area contributed by atoms with Crippen LogP contribution in [0.5, 0.6) is 0 Å². The lowest BCUT2D eigenvalue weighted by molar-refractivity contribution is 0.836. The summed E-state index contributed by atoms with van der Waals surface area (Å²) < 4.78 is 0. The van der Waals surface area contributed by atoms with Crippen LogP contribution >= 0.6 is 0 Å². The Morgan fingerprint density at radius 1 is 0.952 bits per heavy atom. The van der Waals surface area contributed by atoms with Crippen LogP contribution < -0.4 is 10.6 Å². The van der Waals surface area contributed by atoms with Gasteiger partial charge in [0.1, 0.15) is 17.5 Å². The Morgan fingerprint density at radius 3 is 2.29 bits per heavy atom. The molecule has 2 N–H and O–H groups in total. The number of rotatable bonds is 7. The standard InChI is InChI=1S/C17H24N4/c1-4-7-15-20-16(18-6-3)12-17(21-15)19-14-10-8-13(5-2)9-11-14/h8-12H,4-7H2,1-3H3,(H2,18,19,20,21). The van der Waals surface area contributed by atoms with Crippen molar-refractivity contribution in [1.29, 1.82) is 0 Å². The van der Waals surface area contributed by atoms with Gasteiger partial charge in [0.25, 0.3) is 0 Å². The predicted molar refractivity (Wildman–Crippen MR) is 89.3 cm³/mol. The molecule has 0 fully saturated rings. The molecular weight excluding hydrogens is 260 g/mol. The minimum Gasteiger partial charge on any atom is -0.370 e. The molecule has 1 aromatic heterocycles. The van der Waals surface area contributed by atoms with Crippen molar-refractivity contribution in [1.82, 2.24) is 9.97 Å². The lowest BCUT2D eigenvalue weighted by Crippen LogP contribution is -2.06. The van der Waals surface area contributed by atoms with Gasteiger partial charge in [0.15, 0.2) is 0 Å². The second kappa shape index (κ2) is 7.62. The van der Waals surface area contributed by atoms with Crippen LogP contribution in [-0.2, 0) is 12.8 Å². The number of aromatic nitrogens is 2. The molecule has 0 aliphatic rings. The summed E-state index contributed by atoms with van der Waals surface area (Å²) in [5.74, 6) is 2.60. The van der Waals surface area contributed by atoms with Gasteiger partial charge in [-0.25, -0.2) is 9.97 Å². The van der Waals surface area contributed by atoms with Gasteiger partial charge in [0, 0.05) is 24.7 Å². The van der Waals surface area contributed by atoms with Gasteiger partial charge in [0.2, 0.25) is 0 Å². The molecule has 0 radical (unpaired) electrons. The van der Waals surface area contributed by atoms with Crippen LogP contribution in [0.15, 0.2) is 30.3 Å². The second-order valence-electron chi connectivity index (χ2n) is 5.01. The highest BCUT2D eigenvalue weighted by atomic mass is 15.1. The van der Waals surface area contributed by atoms with Crippen LogP contribution in [0.2, 0.25) is 0 Å². The van der Waals surface area contributed by atoms with E-state index in [1.807, 2.05) is 6.07 Å². The fourth-order valence-electron chi connectivity index (χ4n) is 2.14. The van der Waals surface area contributed by atoms with E-state index in [4.69, 9.17) is 0 Å². The molecule has 0 saturated carbocycles. The van der Waals surface area contributed by atoms with E-state index in [1.54, 1.807) is 0 Å². The normalized spacial score (nSPS) is 10.4. The van der Waals surface area contributed by atoms with Crippen LogP contribution in [-0.4, -0.2) is 16.5 Å². The highest BCUT2D eigenvalue weighted by Crippen LogP contribution is 2.18. The van der Waals surface area contributed by atoms with Crippen molar-refractivity contribution in [3.8, 4) is 0 Å². The van der Waals surface area contributed by atoms with Gasteiger partial charge in [0.05, 0.1) is 0 Å². The molecule has 0 atom stereocenters. The summed E-state index contributed by atoms with van der Waals surface area (Å²) in [5, 5.41) is 6.62. The molecule has 0 amide bonds. The molecule has 0 spiro atoms. The number of aryl methyl sites for hydroxylation is 2. The van der Waals surface area contributed by atoms with E-state index >= 15 is 0 Å². The second-order valence-corrected chi connectivity index (χ2v) is 5.01. The molecule has 0 saturated heterocycles. The largest absolute Gasteiger partial charge is 0.370 e. The van der Waals surface area contributed by atoms with E-state index in [2.05, 4.69) is 65.6 Å². The molecule has 112 valence electrons. The Kier molecular flexibility index (Phi) is 5.55. The summed E-state index contributed by atoms with van der Waals surface area (Å²) in [5.41, 5.74) is 2.39. The lowest BCUT2D eigenvalue weighted by atomic mass is 10.1. The highest BCUT2D eigenvalue weighted by molar-refractivity contribution is 5.59. The van der Waals surface area contributed by atoms with E-state index in [0.29, 0.717) is 0 Å². The van der Waals surface area contributed by atoms with Crippen LogP contribution in [0, 0.1) is 0 Å². The third kappa shape index (κ3) is 4.45. The Labute approximate surface area is 127 Å². The van der Waals surface area contributed by atoms with Crippen molar-refractivity contribution in [3.05, 3.63) is 41.7 Å². The number of anilines is 3. The smallest absolute Gasteiger partial charge is 0.136 e. The molecule has 0 aliphatic heterocycles. The average molecular weight is 284 g/mol. The van der Waals surface area contributed by atoms with Crippen molar-refractivity contribution in [2.75, 3.05) is 17.2 Å². The third-order valence-corrected chi connectivity index (χ3v) is 3.24. The summed E-state index contributed by atoms with van der Waals surface area (Å²) in [4.78, 5) is 9.10. The maximum Gasteiger partial charge on any atom is 0.136 e. The van der Waals surface area contributed by atoms with E-state index in [0.717, 1.165) is 49.0 Å². The maximum atomic E-state index is 4.58. The molecular formula is C17H24N4. The van der Waals surface area contributed by atoms with Crippen molar-refractivity contribution in [3.63, 3.8) is 0 Å². The first kappa shape index (κ1) is 15.3. The molecule has 0 unspecified atom stereocenters. The number of nitrogens with one attached hydrogen (secondary N) is 2. The van der Waals surface area contributed by atoms with E-state index < -0.39 is 0 Å². The van der Waals surface area contributed by atoms with Gasteiger partial charge in [-0.3, -0.25) is 0 Å². The Balaban J connectivity index is 2.20. The highest BCUT2D eigenvalue weighted by Gasteiger charge is 2.04. The topological polar surface area (TPSA) is 49.8 Å². The molecule has 1 heterocycles. The molecule has 4 heteroatoms. The summed E-state index contributed by atoms with van der Waals surface area (Å²) in [6.45, 7) is 7.22. The zero-order valence-electron chi connectivity index (χ0n) is 13.1. The molecule has 2 rings (SSSR count). The number of hydrogen-bond acceptors (Lipinski definition) is 4.